The van der Waals surface area contributed by atoms with Crippen molar-refractivity contribution in [2.75, 3.05) is 6.79 Å². The first-order chi connectivity index (χ1) is 15.0. The second kappa shape index (κ2) is 8.15. The molecule has 0 amide bonds. The second-order valence-electron chi connectivity index (χ2n) is 7.35. The van der Waals surface area contributed by atoms with Crippen molar-refractivity contribution < 1.29 is 19.0 Å². The lowest BCUT2D eigenvalue weighted by Gasteiger charge is -2.31. The number of aromatic hydroxyl groups is 1. The predicted molar refractivity (Wildman–Crippen MR) is 120 cm³/mol. The molecule has 2 atom stereocenters. The summed E-state index contributed by atoms with van der Waals surface area (Å²) in [6.45, 7) is 0.193. The Morgan fingerprint density at radius 1 is 1.06 bits per heavy atom. The number of hydrogen-bond donors (Lipinski definition) is 2. The lowest BCUT2D eigenvalue weighted by molar-refractivity contribution is 0.174. The van der Waals surface area contributed by atoms with E-state index in [4.69, 9.17) is 26.1 Å². The zero-order valence-corrected chi connectivity index (χ0v) is 18.5. The van der Waals surface area contributed by atoms with Crippen LogP contribution >= 0.6 is 27.5 Å². The van der Waals surface area contributed by atoms with Crippen LogP contribution in [-0.2, 0) is 0 Å². The summed E-state index contributed by atoms with van der Waals surface area (Å²) >= 11 is 9.45. The molecule has 3 aromatic carbocycles. The third-order valence-electron chi connectivity index (χ3n) is 5.37. The highest BCUT2D eigenvalue weighted by molar-refractivity contribution is 9.10. The van der Waals surface area contributed by atoms with Gasteiger partial charge < -0.3 is 14.6 Å². The van der Waals surface area contributed by atoms with Crippen LogP contribution in [0.25, 0.3) is 0 Å². The molecule has 5 rings (SSSR count). The van der Waals surface area contributed by atoms with Crippen molar-refractivity contribution in [2.24, 2.45) is 4.99 Å². The molecule has 3 aromatic rings. The van der Waals surface area contributed by atoms with Gasteiger partial charge in [-0.15, -0.1) is 0 Å². The molecule has 2 aliphatic rings. The molecule has 5 nitrogen and oxygen atoms in total. The average Bonchev–Trinajstić information content (AvgIpc) is 3.25. The molecule has 0 unspecified atom stereocenters. The quantitative estimate of drug-likeness (QED) is 0.467. The number of aliphatic imine (C=N–C) groups is 1. The van der Waals surface area contributed by atoms with E-state index in [2.05, 4.69) is 21.2 Å². The average molecular weight is 504 g/mol. The van der Waals surface area contributed by atoms with Gasteiger partial charge in [-0.05, 0) is 75.6 Å². The maximum atomic E-state index is 13.8. The maximum absolute atomic E-state index is 13.8. The van der Waals surface area contributed by atoms with Crippen LogP contribution in [0.3, 0.4) is 0 Å². The number of nitrogens with one attached hydrogen (secondary N) is 1. The first kappa shape index (κ1) is 20.3. The van der Waals surface area contributed by atoms with Gasteiger partial charge in [0.2, 0.25) is 6.79 Å². The van der Waals surface area contributed by atoms with Gasteiger partial charge in [-0.25, -0.2) is 4.39 Å². The Bertz CT molecular complexity index is 1200. The summed E-state index contributed by atoms with van der Waals surface area (Å²) in [5.74, 6) is 1.17. The first-order valence-corrected chi connectivity index (χ1v) is 10.8. The van der Waals surface area contributed by atoms with Crippen LogP contribution in [0.15, 0.2) is 64.1 Å². The summed E-state index contributed by atoms with van der Waals surface area (Å²) in [6, 6.07) is 15.2. The number of rotatable bonds is 3. The molecule has 0 saturated carbocycles. The molecule has 2 N–H and O–H groups in total. The van der Waals surface area contributed by atoms with Crippen LogP contribution in [0.4, 0.5) is 4.39 Å². The molecule has 2 aliphatic heterocycles. The molecule has 0 saturated heterocycles. The Balaban J connectivity index is 1.58. The van der Waals surface area contributed by atoms with E-state index < -0.39 is 6.17 Å². The van der Waals surface area contributed by atoms with Crippen molar-refractivity contribution in [1.82, 2.24) is 5.32 Å². The fraction of sp³-hybridized carbons (Fsp3) is 0.174. The van der Waals surface area contributed by atoms with Crippen LogP contribution in [0.1, 0.15) is 35.3 Å². The number of phenolic OH excluding ortho intramolecular Hbond substituents is 1. The fourth-order valence-electron chi connectivity index (χ4n) is 3.81. The molecule has 0 radical (unpaired) electrons. The van der Waals surface area contributed by atoms with Crippen molar-refractivity contribution in [1.29, 1.82) is 0 Å². The molecule has 2 heterocycles. The van der Waals surface area contributed by atoms with Gasteiger partial charge in [-0.3, -0.25) is 10.3 Å². The van der Waals surface area contributed by atoms with Gasteiger partial charge in [0, 0.05) is 28.8 Å². The molecule has 0 aliphatic carbocycles. The number of phenols is 1. The number of halogens is 3. The Morgan fingerprint density at radius 3 is 2.74 bits per heavy atom. The minimum Gasteiger partial charge on any atom is -0.508 e. The number of hydrogen-bond acceptors (Lipinski definition) is 5. The van der Waals surface area contributed by atoms with Crippen molar-refractivity contribution >= 4 is 33.2 Å². The van der Waals surface area contributed by atoms with E-state index >= 15 is 0 Å². The van der Waals surface area contributed by atoms with Gasteiger partial charge in [-0.2, -0.15) is 0 Å². The molecule has 31 heavy (non-hydrogen) atoms. The Morgan fingerprint density at radius 2 is 1.90 bits per heavy atom. The number of nitrogens with zero attached hydrogens (tertiary/aromatic N) is 1. The Labute approximate surface area is 191 Å². The molecular weight excluding hydrogens is 487 g/mol. The van der Waals surface area contributed by atoms with Crippen molar-refractivity contribution in [3.63, 3.8) is 0 Å². The molecular formula is C23H17BrClFN2O3. The smallest absolute Gasteiger partial charge is 0.231 e. The van der Waals surface area contributed by atoms with Gasteiger partial charge in [0.1, 0.15) is 17.7 Å². The van der Waals surface area contributed by atoms with Gasteiger partial charge in [0.05, 0.1) is 4.47 Å². The van der Waals surface area contributed by atoms with E-state index in [1.807, 2.05) is 18.2 Å². The SMILES string of the molecule is Oc1ccc(Cl)cc1[C@@H]1CC(c2ccc3c(c2)OCO3)=N[C@H](c2ccc(F)c(Br)c2)N1. The maximum Gasteiger partial charge on any atom is 0.231 e. The van der Waals surface area contributed by atoms with Gasteiger partial charge in [0.25, 0.3) is 0 Å². The molecule has 0 aromatic heterocycles. The van der Waals surface area contributed by atoms with E-state index in [0.29, 0.717) is 33.0 Å². The highest BCUT2D eigenvalue weighted by Crippen LogP contribution is 2.38. The standard InChI is InChI=1S/C23H17BrClFN2O3/c24-16-7-13(1-4-17(16)26)23-27-18(12-2-6-21-22(8-12)31-11-30-21)10-19(28-23)15-9-14(25)3-5-20(15)29/h1-9,19,23,28-29H,10-11H2/t19-,23-/m0/s1. The van der Waals surface area contributed by atoms with E-state index in [1.54, 1.807) is 30.3 Å². The summed E-state index contributed by atoms with van der Waals surface area (Å²) in [5, 5.41) is 14.5. The number of benzene rings is 3. The van der Waals surface area contributed by atoms with Gasteiger partial charge in [0.15, 0.2) is 11.5 Å². The van der Waals surface area contributed by atoms with E-state index in [0.717, 1.165) is 16.8 Å². The largest absolute Gasteiger partial charge is 0.508 e. The zero-order valence-electron chi connectivity index (χ0n) is 16.1. The van der Waals surface area contributed by atoms with Crippen LogP contribution in [0.5, 0.6) is 17.2 Å². The first-order valence-electron chi connectivity index (χ1n) is 9.64. The minimum atomic E-state index is -0.450. The molecule has 158 valence electrons. The summed E-state index contributed by atoms with van der Waals surface area (Å²) < 4.78 is 25.1. The second-order valence-corrected chi connectivity index (χ2v) is 8.64. The van der Waals surface area contributed by atoms with Crippen LogP contribution in [0.2, 0.25) is 5.02 Å². The monoisotopic (exact) mass is 502 g/mol. The molecule has 0 bridgehead atoms. The minimum absolute atomic E-state index is 0.146. The summed E-state index contributed by atoms with van der Waals surface area (Å²) in [4.78, 5) is 4.90. The van der Waals surface area contributed by atoms with Gasteiger partial charge >= 0.3 is 0 Å². The number of ether oxygens (including phenoxy) is 2. The molecule has 0 spiro atoms. The van der Waals surface area contributed by atoms with Crippen molar-refractivity contribution in [3.8, 4) is 17.2 Å². The highest BCUT2D eigenvalue weighted by atomic mass is 79.9. The topological polar surface area (TPSA) is 63.1 Å². The van der Waals surface area contributed by atoms with Crippen molar-refractivity contribution in [3.05, 3.63) is 86.6 Å². The lowest BCUT2D eigenvalue weighted by atomic mass is 9.93. The van der Waals surface area contributed by atoms with Crippen LogP contribution in [-0.4, -0.2) is 17.6 Å². The summed E-state index contributed by atoms with van der Waals surface area (Å²) in [5.41, 5.74) is 3.18. The Kier molecular flexibility index (Phi) is 5.33. The van der Waals surface area contributed by atoms with Crippen LogP contribution in [0, 0.1) is 5.82 Å². The van der Waals surface area contributed by atoms with Crippen molar-refractivity contribution in [2.45, 2.75) is 18.6 Å². The third-order valence-corrected chi connectivity index (χ3v) is 6.21. The van der Waals surface area contributed by atoms with E-state index in [9.17, 15) is 9.50 Å². The van der Waals surface area contributed by atoms with Crippen LogP contribution < -0.4 is 14.8 Å². The van der Waals surface area contributed by atoms with E-state index in [1.165, 1.54) is 6.07 Å². The third kappa shape index (κ3) is 4.01. The highest BCUT2D eigenvalue weighted by Gasteiger charge is 2.29. The molecule has 0 fully saturated rings. The van der Waals surface area contributed by atoms with Gasteiger partial charge in [-0.1, -0.05) is 17.7 Å². The summed E-state index contributed by atoms with van der Waals surface area (Å²) in [7, 11) is 0. The lowest BCUT2D eigenvalue weighted by Crippen LogP contribution is -2.33. The molecule has 8 heteroatoms. The van der Waals surface area contributed by atoms with E-state index in [-0.39, 0.29) is 24.4 Å². The number of fused-ring (bicyclic) bond motifs is 1. The zero-order chi connectivity index (χ0) is 21.5. The Hall–Kier alpha value is -2.61. The fourth-order valence-corrected chi connectivity index (χ4v) is 4.39. The predicted octanol–water partition coefficient (Wildman–Crippen LogP) is 5.90. The summed E-state index contributed by atoms with van der Waals surface area (Å²) in [6.07, 6.45) is 0.0707. The normalized spacial score (nSPS) is 19.9.